The number of aromatic nitrogens is 2. The van der Waals surface area contributed by atoms with Crippen LogP contribution in [0, 0.1) is 6.57 Å². The highest BCUT2D eigenvalue weighted by Crippen LogP contribution is 2.37. The highest BCUT2D eigenvalue weighted by Gasteiger charge is 2.35. The summed E-state index contributed by atoms with van der Waals surface area (Å²) in [6.07, 6.45) is 5.89. The molecule has 0 N–H and O–H groups in total. The van der Waals surface area contributed by atoms with Gasteiger partial charge < -0.3 is 24.3 Å². The average molecular weight is 628 g/mol. The lowest BCUT2D eigenvalue weighted by atomic mass is 9.90. The van der Waals surface area contributed by atoms with Crippen molar-refractivity contribution in [1.82, 2.24) is 19.8 Å². The van der Waals surface area contributed by atoms with E-state index in [4.69, 9.17) is 32.9 Å². The number of rotatable bonds is 10. The Morgan fingerprint density at radius 3 is 2.69 bits per heavy atom. The molecule has 2 fully saturated rings. The van der Waals surface area contributed by atoms with E-state index in [1.54, 1.807) is 4.90 Å². The van der Waals surface area contributed by atoms with E-state index in [2.05, 4.69) is 64.2 Å². The van der Waals surface area contributed by atoms with Crippen molar-refractivity contribution in [2.24, 2.45) is 0 Å². The molecule has 2 aliphatic heterocycles. The molecule has 1 aromatic heterocycles. The van der Waals surface area contributed by atoms with E-state index in [0.717, 1.165) is 58.1 Å². The molecule has 1 saturated heterocycles. The molecule has 45 heavy (non-hydrogen) atoms. The van der Waals surface area contributed by atoms with Gasteiger partial charge in [0.25, 0.3) is 0 Å². The van der Waals surface area contributed by atoms with Crippen LogP contribution < -0.4 is 14.5 Å². The molecule has 10 heteroatoms. The summed E-state index contributed by atoms with van der Waals surface area (Å²) in [7, 11) is 0. The number of halogens is 1. The number of anilines is 2. The number of hydrogen-bond donors (Lipinski definition) is 0. The fourth-order valence-corrected chi connectivity index (χ4v) is 7.28. The van der Waals surface area contributed by atoms with Crippen molar-refractivity contribution in [2.75, 3.05) is 55.7 Å². The number of ether oxygens (including phenoxy) is 1. The SMILES string of the molecule is [C-]#[N+]C[C@H]1CN(c2nc(OCCN(C(C)C)C3CCC3)nc3c2CCN(c2cccc4cccc(Cl)c24)C3)CCN1C(=O)C=C. The van der Waals surface area contributed by atoms with Crippen LogP contribution in [0.15, 0.2) is 49.1 Å². The maximum absolute atomic E-state index is 12.6. The number of carbonyl (C=O) groups is 1. The number of fused-ring (bicyclic) bond motifs is 2. The summed E-state index contributed by atoms with van der Waals surface area (Å²) in [5, 5.41) is 2.89. The molecular weight excluding hydrogens is 586 g/mol. The highest BCUT2D eigenvalue weighted by atomic mass is 35.5. The van der Waals surface area contributed by atoms with Crippen LogP contribution in [0.2, 0.25) is 5.02 Å². The quantitative estimate of drug-likeness (QED) is 0.214. The molecule has 6 rings (SSSR count). The van der Waals surface area contributed by atoms with Crippen LogP contribution in [0.5, 0.6) is 6.01 Å². The smallest absolute Gasteiger partial charge is 0.318 e. The van der Waals surface area contributed by atoms with E-state index < -0.39 is 0 Å². The van der Waals surface area contributed by atoms with Gasteiger partial charge in [0.15, 0.2) is 0 Å². The van der Waals surface area contributed by atoms with Gasteiger partial charge in [-0.2, -0.15) is 9.97 Å². The topological polar surface area (TPSA) is 69.4 Å². The van der Waals surface area contributed by atoms with Gasteiger partial charge in [0.1, 0.15) is 18.5 Å². The molecule has 1 amide bonds. The first-order valence-electron chi connectivity index (χ1n) is 16.1. The fourth-order valence-electron chi connectivity index (χ4n) is 7.00. The van der Waals surface area contributed by atoms with Crippen LogP contribution in [0.3, 0.4) is 0 Å². The molecule has 0 unspecified atom stereocenters. The molecule has 236 valence electrons. The lowest BCUT2D eigenvalue weighted by Gasteiger charge is -2.41. The molecule has 1 saturated carbocycles. The second-order valence-corrected chi connectivity index (χ2v) is 12.9. The summed E-state index contributed by atoms with van der Waals surface area (Å²) in [6.45, 7) is 20.3. The zero-order chi connectivity index (χ0) is 31.5. The van der Waals surface area contributed by atoms with Crippen LogP contribution in [-0.2, 0) is 17.8 Å². The molecule has 9 nitrogen and oxygen atoms in total. The number of carbonyl (C=O) groups excluding carboxylic acids is 1. The third-order valence-corrected chi connectivity index (χ3v) is 9.84. The standard InChI is InChI=1S/C35H42ClN7O2/c1-5-32(44)43-18-17-41(22-27(43)21-37-4)34-28-15-16-40(31-14-7-10-25-9-6-13-29(36)33(25)31)23-30(28)38-35(39-34)45-20-19-42(24(2)3)26-11-8-12-26/h5-7,9-10,13-14,24,26-27H,1,8,11-12,15-23H2,2-3H3/t27-/m0/s1. The van der Waals surface area contributed by atoms with Gasteiger partial charge in [-0.25, -0.2) is 6.57 Å². The van der Waals surface area contributed by atoms with E-state index in [0.29, 0.717) is 50.9 Å². The maximum atomic E-state index is 12.6. The Balaban J connectivity index is 1.31. The molecule has 1 aliphatic carbocycles. The second kappa shape index (κ2) is 13.6. The predicted molar refractivity (Wildman–Crippen MR) is 180 cm³/mol. The van der Waals surface area contributed by atoms with Crippen molar-refractivity contribution in [3.8, 4) is 6.01 Å². The van der Waals surface area contributed by atoms with Gasteiger partial charge in [0, 0.05) is 61.4 Å². The van der Waals surface area contributed by atoms with Gasteiger partial charge in [0.05, 0.1) is 17.3 Å². The van der Waals surface area contributed by atoms with E-state index in [9.17, 15) is 4.79 Å². The predicted octanol–water partition coefficient (Wildman–Crippen LogP) is 5.61. The lowest BCUT2D eigenvalue weighted by Crippen LogP contribution is -2.56. The molecule has 3 aromatic rings. The molecule has 3 heterocycles. The first kappa shape index (κ1) is 31.1. The van der Waals surface area contributed by atoms with E-state index in [-0.39, 0.29) is 18.5 Å². The Labute approximate surface area is 271 Å². The number of amides is 1. The number of benzene rings is 2. The second-order valence-electron chi connectivity index (χ2n) is 12.5. The van der Waals surface area contributed by atoms with Crippen molar-refractivity contribution < 1.29 is 9.53 Å². The van der Waals surface area contributed by atoms with Gasteiger partial charge in [-0.05, 0) is 56.7 Å². The highest BCUT2D eigenvalue weighted by molar-refractivity contribution is 6.36. The van der Waals surface area contributed by atoms with E-state index >= 15 is 0 Å². The number of piperazine rings is 1. The minimum atomic E-state index is -0.239. The monoisotopic (exact) mass is 627 g/mol. The molecule has 0 bridgehead atoms. The van der Waals surface area contributed by atoms with Gasteiger partial charge in [-0.3, -0.25) is 9.69 Å². The summed E-state index contributed by atoms with van der Waals surface area (Å²) in [6, 6.07) is 13.5. The zero-order valence-electron chi connectivity index (χ0n) is 26.3. The summed E-state index contributed by atoms with van der Waals surface area (Å²) in [5.41, 5.74) is 3.14. The Morgan fingerprint density at radius 1 is 1.18 bits per heavy atom. The first-order chi connectivity index (χ1) is 21.9. The summed E-state index contributed by atoms with van der Waals surface area (Å²) in [5.74, 6) is 0.716. The van der Waals surface area contributed by atoms with Crippen LogP contribution in [0.1, 0.15) is 44.4 Å². The first-order valence-corrected chi connectivity index (χ1v) is 16.5. The minimum absolute atomic E-state index is 0.136. The van der Waals surface area contributed by atoms with Crippen LogP contribution in [-0.4, -0.2) is 89.7 Å². The van der Waals surface area contributed by atoms with Crippen molar-refractivity contribution in [1.29, 1.82) is 0 Å². The maximum Gasteiger partial charge on any atom is 0.318 e. The Hall–Kier alpha value is -3.87. The van der Waals surface area contributed by atoms with Crippen LogP contribution in [0.25, 0.3) is 15.6 Å². The fraction of sp³-hybridized carbons (Fsp3) is 0.486. The van der Waals surface area contributed by atoms with E-state index in [1.165, 1.54) is 25.3 Å². The third kappa shape index (κ3) is 6.45. The molecule has 3 aliphatic rings. The molecule has 0 radical (unpaired) electrons. The Morgan fingerprint density at radius 2 is 1.98 bits per heavy atom. The van der Waals surface area contributed by atoms with Gasteiger partial charge >= 0.3 is 6.01 Å². The summed E-state index contributed by atoms with van der Waals surface area (Å²) in [4.78, 5) is 35.1. The van der Waals surface area contributed by atoms with E-state index in [1.807, 2.05) is 12.1 Å². The Kier molecular flexibility index (Phi) is 9.43. The molecule has 2 aromatic carbocycles. The van der Waals surface area contributed by atoms with Gasteiger partial charge in [-0.15, -0.1) is 0 Å². The molecule has 0 spiro atoms. The zero-order valence-corrected chi connectivity index (χ0v) is 27.0. The summed E-state index contributed by atoms with van der Waals surface area (Å²) >= 11 is 6.72. The van der Waals surface area contributed by atoms with Crippen LogP contribution >= 0.6 is 11.6 Å². The van der Waals surface area contributed by atoms with Crippen LogP contribution in [0.4, 0.5) is 11.5 Å². The van der Waals surface area contributed by atoms with Crippen molar-refractivity contribution in [3.05, 3.63) is 76.8 Å². The number of hydrogen-bond acceptors (Lipinski definition) is 7. The summed E-state index contributed by atoms with van der Waals surface area (Å²) < 4.78 is 6.33. The normalized spacial score (nSPS) is 18.6. The van der Waals surface area contributed by atoms with Crippen molar-refractivity contribution >= 4 is 39.8 Å². The lowest BCUT2D eigenvalue weighted by molar-refractivity contribution is -0.128. The van der Waals surface area contributed by atoms with Gasteiger partial charge in [0.2, 0.25) is 12.5 Å². The van der Waals surface area contributed by atoms with Gasteiger partial charge in [-0.1, -0.05) is 48.9 Å². The minimum Gasteiger partial charge on any atom is -0.462 e. The number of nitrogens with zero attached hydrogens (tertiary/aromatic N) is 7. The molecular formula is C35H42ClN7O2. The average Bonchev–Trinajstić information content (AvgIpc) is 3.02. The largest absolute Gasteiger partial charge is 0.462 e. The van der Waals surface area contributed by atoms with Crippen molar-refractivity contribution in [2.45, 2.75) is 64.2 Å². The Bertz CT molecular complexity index is 1600. The third-order valence-electron chi connectivity index (χ3n) is 9.52. The van der Waals surface area contributed by atoms with Crippen molar-refractivity contribution in [3.63, 3.8) is 0 Å². The molecule has 1 atom stereocenters.